The van der Waals surface area contributed by atoms with Gasteiger partial charge in [0.05, 0.1) is 0 Å². The number of hydrogen-bond acceptors (Lipinski definition) is 4. The number of nitrogens with zero attached hydrogens (tertiary/aromatic N) is 4. The minimum absolute atomic E-state index is 0.117. The summed E-state index contributed by atoms with van der Waals surface area (Å²) in [6.07, 6.45) is 7.49. The molecule has 0 atom stereocenters. The Morgan fingerprint density at radius 1 is 1.04 bits per heavy atom. The smallest absolute Gasteiger partial charge is 0.269 e. The van der Waals surface area contributed by atoms with E-state index < -0.39 is 0 Å². The Hall–Kier alpha value is -2.76. The van der Waals surface area contributed by atoms with Gasteiger partial charge in [-0.2, -0.15) is 0 Å². The van der Waals surface area contributed by atoms with E-state index in [-0.39, 0.29) is 5.91 Å². The van der Waals surface area contributed by atoms with E-state index in [4.69, 9.17) is 0 Å². The summed E-state index contributed by atoms with van der Waals surface area (Å²) in [6.45, 7) is 0.663. The molecular weight excluding hydrogens is 290 g/mol. The molecule has 6 heteroatoms. The zero-order valence-corrected chi connectivity index (χ0v) is 12.9. The molecule has 6 nitrogen and oxygen atoms in total. The second-order valence-corrected chi connectivity index (χ2v) is 5.33. The first kappa shape index (κ1) is 15.1. The third-order valence-corrected chi connectivity index (χ3v) is 3.64. The highest BCUT2D eigenvalue weighted by molar-refractivity contribution is 5.92. The zero-order valence-electron chi connectivity index (χ0n) is 12.9. The molecule has 1 N–H and O–H groups in total. The molecule has 3 heterocycles. The van der Waals surface area contributed by atoms with E-state index in [2.05, 4.69) is 20.5 Å². The van der Waals surface area contributed by atoms with Gasteiger partial charge in [-0.1, -0.05) is 18.6 Å². The van der Waals surface area contributed by atoms with E-state index >= 15 is 0 Å². The van der Waals surface area contributed by atoms with Crippen molar-refractivity contribution in [3.8, 4) is 0 Å². The summed E-state index contributed by atoms with van der Waals surface area (Å²) in [6, 6.07) is 11.2. The third-order valence-electron chi connectivity index (χ3n) is 3.64. The standard InChI is InChI=1S/C17H19N5O/c23-17(14-8-3-6-11-18-14)19-12-5-1-2-9-15-20-21-16-10-4-7-13-22(15)16/h3-4,6-8,10-11,13H,1-2,5,9,12H2,(H,19,23). The average molecular weight is 309 g/mol. The molecule has 0 fully saturated rings. The number of rotatable bonds is 7. The van der Waals surface area contributed by atoms with E-state index in [9.17, 15) is 4.79 Å². The van der Waals surface area contributed by atoms with Crippen molar-refractivity contribution in [2.75, 3.05) is 6.54 Å². The summed E-state index contributed by atoms with van der Waals surface area (Å²) in [5.74, 6) is 0.868. The van der Waals surface area contributed by atoms with E-state index in [0.717, 1.165) is 37.2 Å². The second kappa shape index (κ2) is 7.49. The monoisotopic (exact) mass is 309 g/mol. The predicted octanol–water partition coefficient (Wildman–Crippen LogP) is 2.27. The molecule has 0 spiro atoms. The van der Waals surface area contributed by atoms with Crippen LogP contribution in [-0.2, 0) is 6.42 Å². The van der Waals surface area contributed by atoms with Crippen LogP contribution in [0.1, 0.15) is 35.6 Å². The number of aryl methyl sites for hydroxylation is 1. The van der Waals surface area contributed by atoms with E-state index in [1.165, 1.54) is 0 Å². The lowest BCUT2D eigenvalue weighted by atomic mass is 10.2. The summed E-state index contributed by atoms with van der Waals surface area (Å²) < 4.78 is 2.02. The number of carbonyl (C=O) groups is 1. The first-order chi connectivity index (χ1) is 11.3. The summed E-state index contributed by atoms with van der Waals surface area (Å²) in [4.78, 5) is 15.8. The van der Waals surface area contributed by atoms with E-state index in [1.807, 2.05) is 34.9 Å². The maximum Gasteiger partial charge on any atom is 0.269 e. The molecule has 0 aliphatic carbocycles. The molecule has 0 radical (unpaired) electrons. The van der Waals surface area contributed by atoms with Crippen molar-refractivity contribution in [2.45, 2.75) is 25.7 Å². The van der Waals surface area contributed by atoms with Gasteiger partial charge in [0.15, 0.2) is 5.65 Å². The van der Waals surface area contributed by atoms with Crippen LogP contribution in [0.3, 0.4) is 0 Å². The first-order valence-electron chi connectivity index (χ1n) is 7.82. The fraction of sp³-hybridized carbons (Fsp3) is 0.294. The van der Waals surface area contributed by atoms with Gasteiger partial charge in [-0.25, -0.2) is 0 Å². The lowest BCUT2D eigenvalue weighted by Gasteiger charge is -2.04. The minimum Gasteiger partial charge on any atom is -0.351 e. The lowest BCUT2D eigenvalue weighted by molar-refractivity contribution is 0.0948. The number of aromatic nitrogens is 4. The number of hydrogen-bond donors (Lipinski definition) is 1. The predicted molar refractivity (Wildman–Crippen MR) is 87.1 cm³/mol. The van der Waals surface area contributed by atoms with Gasteiger partial charge in [-0.15, -0.1) is 10.2 Å². The van der Waals surface area contributed by atoms with Gasteiger partial charge in [0, 0.05) is 25.4 Å². The highest BCUT2D eigenvalue weighted by Gasteiger charge is 2.06. The van der Waals surface area contributed by atoms with Crippen LogP contribution in [0.5, 0.6) is 0 Å². The molecule has 0 aliphatic rings. The van der Waals surface area contributed by atoms with Gasteiger partial charge in [0.2, 0.25) is 0 Å². The Morgan fingerprint density at radius 2 is 1.96 bits per heavy atom. The third kappa shape index (κ3) is 3.91. The Balaban J connectivity index is 1.37. The van der Waals surface area contributed by atoms with Gasteiger partial charge in [-0.3, -0.25) is 14.2 Å². The highest BCUT2D eigenvalue weighted by atomic mass is 16.1. The number of amides is 1. The molecule has 1 amide bonds. The zero-order chi connectivity index (χ0) is 15.9. The Kier molecular flexibility index (Phi) is 4.93. The van der Waals surface area contributed by atoms with Crippen LogP contribution in [0.15, 0.2) is 48.8 Å². The summed E-state index contributed by atoms with van der Waals surface area (Å²) in [5, 5.41) is 11.2. The van der Waals surface area contributed by atoms with Gasteiger partial charge in [0.1, 0.15) is 11.5 Å². The molecule has 3 aromatic heterocycles. The van der Waals surface area contributed by atoms with Crippen molar-refractivity contribution in [1.82, 2.24) is 24.9 Å². The van der Waals surface area contributed by atoms with Gasteiger partial charge < -0.3 is 5.32 Å². The van der Waals surface area contributed by atoms with Gasteiger partial charge >= 0.3 is 0 Å². The molecule has 118 valence electrons. The first-order valence-corrected chi connectivity index (χ1v) is 7.82. The van der Waals surface area contributed by atoms with Crippen LogP contribution in [0, 0.1) is 0 Å². The number of carbonyl (C=O) groups excluding carboxylic acids is 1. The molecule has 0 saturated heterocycles. The maximum absolute atomic E-state index is 11.8. The summed E-state index contributed by atoms with van der Waals surface area (Å²) >= 11 is 0. The lowest BCUT2D eigenvalue weighted by Crippen LogP contribution is -2.25. The van der Waals surface area contributed by atoms with E-state index in [1.54, 1.807) is 18.3 Å². The normalized spacial score (nSPS) is 10.8. The number of fused-ring (bicyclic) bond motifs is 1. The topological polar surface area (TPSA) is 72.2 Å². The minimum atomic E-state index is -0.117. The molecule has 0 saturated carbocycles. The molecule has 3 rings (SSSR count). The fourth-order valence-corrected chi connectivity index (χ4v) is 2.44. The molecule has 23 heavy (non-hydrogen) atoms. The Morgan fingerprint density at radius 3 is 2.83 bits per heavy atom. The van der Waals surface area contributed by atoms with Crippen LogP contribution >= 0.6 is 0 Å². The molecule has 0 bridgehead atoms. The molecule has 0 aliphatic heterocycles. The number of pyridine rings is 2. The SMILES string of the molecule is O=C(NCCCCCc1nnc2ccccn12)c1ccccn1. The molecule has 0 aromatic carbocycles. The van der Waals surface area contributed by atoms with Crippen LogP contribution < -0.4 is 5.32 Å². The van der Waals surface area contributed by atoms with Gasteiger partial charge in [-0.05, 0) is 37.1 Å². The molecule has 0 unspecified atom stereocenters. The summed E-state index contributed by atoms with van der Waals surface area (Å²) in [5.41, 5.74) is 1.34. The van der Waals surface area contributed by atoms with Crippen LogP contribution in [0.25, 0.3) is 5.65 Å². The number of nitrogens with one attached hydrogen (secondary N) is 1. The second-order valence-electron chi connectivity index (χ2n) is 5.33. The quantitative estimate of drug-likeness (QED) is 0.680. The highest BCUT2D eigenvalue weighted by Crippen LogP contribution is 2.07. The van der Waals surface area contributed by atoms with Crippen molar-refractivity contribution in [2.24, 2.45) is 0 Å². The van der Waals surface area contributed by atoms with Crippen molar-refractivity contribution in [1.29, 1.82) is 0 Å². The van der Waals surface area contributed by atoms with Crippen LogP contribution in [-0.4, -0.2) is 32.0 Å². The number of unbranched alkanes of at least 4 members (excludes halogenated alkanes) is 2. The van der Waals surface area contributed by atoms with Crippen LogP contribution in [0.2, 0.25) is 0 Å². The molecule has 3 aromatic rings. The summed E-state index contributed by atoms with van der Waals surface area (Å²) in [7, 11) is 0. The van der Waals surface area contributed by atoms with E-state index in [0.29, 0.717) is 12.2 Å². The maximum atomic E-state index is 11.8. The molecular formula is C17H19N5O. The van der Waals surface area contributed by atoms with Crippen molar-refractivity contribution in [3.05, 3.63) is 60.3 Å². The fourth-order valence-electron chi connectivity index (χ4n) is 2.44. The largest absolute Gasteiger partial charge is 0.351 e. The van der Waals surface area contributed by atoms with Crippen LogP contribution in [0.4, 0.5) is 0 Å². The van der Waals surface area contributed by atoms with Gasteiger partial charge in [0.25, 0.3) is 5.91 Å². The Labute approximate surface area is 134 Å². The van der Waals surface area contributed by atoms with Crippen molar-refractivity contribution in [3.63, 3.8) is 0 Å². The average Bonchev–Trinajstić information content (AvgIpc) is 3.02. The van der Waals surface area contributed by atoms with Crippen molar-refractivity contribution < 1.29 is 4.79 Å². The Bertz CT molecular complexity index is 769. The van der Waals surface area contributed by atoms with Crippen molar-refractivity contribution >= 4 is 11.6 Å².